The Balaban J connectivity index is 2.15. The summed E-state index contributed by atoms with van der Waals surface area (Å²) in [5.41, 5.74) is 1.17. The van der Waals surface area contributed by atoms with Crippen LogP contribution in [0.3, 0.4) is 0 Å². The molecule has 2 nitrogen and oxygen atoms in total. The molecular weight excluding hydrogens is 260 g/mol. The molecule has 0 aliphatic heterocycles. The monoisotopic (exact) mass is 275 g/mol. The van der Waals surface area contributed by atoms with Crippen LogP contribution in [0.5, 0.6) is 0 Å². The Morgan fingerprint density at radius 1 is 1.10 bits per heavy atom. The van der Waals surface area contributed by atoms with Gasteiger partial charge in [0.15, 0.2) is 0 Å². The number of carbonyl (C=O) groups is 1. The van der Waals surface area contributed by atoms with E-state index in [-0.39, 0.29) is 17.5 Å². The fraction of sp³-hybridized carbons (Fsp3) is 0.188. The topological polar surface area (TPSA) is 29.1 Å². The van der Waals surface area contributed by atoms with Crippen LogP contribution in [-0.2, 0) is 0 Å². The van der Waals surface area contributed by atoms with Crippen LogP contribution in [0.15, 0.2) is 42.5 Å². The van der Waals surface area contributed by atoms with E-state index in [9.17, 15) is 13.6 Å². The molecule has 1 atom stereocenters. The molecule has 1 N–H and O–H groups in total. The maximum Gasteiger partial charge on any atom is 0.251 e. The van der Waals surface area contributed by atoms with E-state index in [1.807, 2.05) is 0 Å². The first kappa shape index (κ1) is 14.2. The van der Waals surface area contributed by atoms with E-state index >= 15 is 0 Å². The van der Waals surface area contributed by atoms with E-state index in [0.29, 0.717) is 16.7 Å². The van der Waals surface area contributed by atoms with Crippen molar-refractivity contribution in [2.45, 2.75) is 19.9 Å². The van der Waals surface area contributed by atoms with Crippen molar-refractivity contribution in [3.63, 3.8) is 0 Å². The van der Waals surface area contributed by atoms with Crippen molar-refractivity contribution in [3.8, 4) is 0 Å². The molecular formula is C16H15F2NO. The summed E-state index contributed by atoms with van der Waals surface area (Å²) in [6, 6.07) is 9.94. The summed E-state index contributed by atoms with van der Waals surface area (Å²) in [6.07, 6.45) is 0. The highest BCUT2D eigenvalue weighted by Gasteiger charge is 2.14. The Morgan fingerprint density at radius 3 is 2.45 bits per heavy atom. The lowest BCUT2D eigenvalue weighted by Crippen LogP contribution is -2.27. The van der Waals surface area contributed by atoms with Crippen molar-refractivity contribution in [1.82, 2.24) is 5.32 Å². The highest BCUT2D eigenvalue weighted by Crippen LogP contribution is 2.17. The molecule has 20 heavy (non-hydrogen) atoms. The Kier molecular flexibility index (Phi) is 4.13. The lowest BCUT2D eigenvalue weighted by molar-refractivity contribution is 0.0939. The molecule has 0 spiro atoms. The van der Waals surface area contributed by atoms with E-state index < -0.39 is 6.04 Å². The van der Waals surface area contributed by atoms with Crippen LogP contribution < -0.4 is 5.32 Å². The predicted octanol–water partition coefficient (Wildman–Crippen LogP) is 3.76. The van der Waals surface area contributed by atoms with Crippen LogP contribution in [0.2, 0.25) is 0 Å². The largest absolute Gasteiger partial charge is 0.345 e. The number of benzene rings is 2. The van der Waals surface area contributed by atoms with Crippen LogP contribution in [0.4, 0.5) is 8.78 Å². The third-order valence-electron chi connectivity index (χ3n) is 3.14. The first-order valence-electron chi connectivity index (χ1n) is 6.30. The molecule has 1 amide bonds. The van der Waals surface area contributed by atoms with E-state index in [2.05, 4.69) is 5.32 Å². The first-order valence-corrected chi connectivity index (χ1v) is 6.30. The van der Waals surface area contributed by atoms with Gasteiger partial charge < -0.3 is 5.32 Å². The summed E-state index contributed by atoms with van der Waals surface area (Å²) in [5.74, 6) is -1.08. The number of nitrogens with one attached hydrogen (secondary N) is 1. The summed E-state index contributed by atoms with van der Waals surface area (Å²) < 4.78 is 26.8. The van der Waals surface area contributed by atoms with Gasteiger partial charge in [-0.2, -0.15) is 0 Å². The Labute approximate surface area is 116 Å². The van der Waals surface area contributed by atoms with Gasteiger partial charge in [-0.1, -0.05) is 18.2 Å². The van der Waals surface area contributed by atoms with Crippen LogP contribution in [0.1, 0.15) is 34.5 Å². The second kappa shape index (κ2) is 5.82. The van der Waals surface area contributed by atoms with Gasteiger partial charge in [0.2, 0.25) is 0 Å². The molecule has 2 aromatic carbocycles. The number of hydrogen-bond acceptors (Lipinski definition) is 1. The van der Waals surface area contributed by atoms with Crippen molar-refractivity contribution in [2.75, 3.05) is 0 Å². The van der Waals surface area contributed by atoms with Crippen LogP contribution >= 0.6 is 0 Å². The number of rotatable bonds is 3. The molecule has 0 aromatic heterocycles. The minimum Gasteiger partial charge on any atom is -0.345 e. The molecule has 0 fully saturated rings. The lowest BCUT2D eigenvalue weighted by atomic mass is 10.1. The summed E-state index contributed by atoms with van der Waals surface area (Å²) >= 11 is 0. The van der Waals surface area contributed by atoms with Gasteiger partial charge in [-0.25, -0.2) is 8.78 Å². The Hall–Kier alpha value is -2.23. The van der Waals surface area contributed by atoms with E-state index in [4.69, 9.17) is 0 Å². The van der Waals surface area contributed by atoms with Crippen molar-refractivity contribution in [1.29, 1.82) is 0 Å². The van der Waals surface area contributed by atoms with Gasteiger partial charge in [-0.15, -0.1) is 0 Å². The molecule has 104 valence electrons. The van der Waals surface area contributed by atoms with Gasteiger partial charge in [0.1, 0.15) is 11.6 Å². The van der Waals surface area contributed by atoms with Gasteiger partial charge in [0.05, 0.1) is 6.04 Å². The minimum atomic E-state index is -0.464. The summed E-state index contributed by atoms with van der Waals surface area (Å²) in [5, 5.41) is 2.70. The van der Waals surface area contributed by atoms with Crippen LogP contribution in [-0.4, -0.2) is 5.91 Å². The molecule has 0 saturated carbocycles. The predicted molar refractivity (Wildman–Crippen MR) is 73.4 cm³/mol. The van der Waals surface area contributed by atoms with Gasteiger partial charge in [-0.3, -0.25) is 4.79 Å². The molecule has 0 aliphatic carbocycles. The Bertz CT molecular complexity index is 640. The second-order valence-corrected chi connectivity index (χ2v) is 4.68. The van der Waals surface area contributed by atoms with Gasteiger partial charge in [-0.05, 0) is 43.7 Å². The summed E-state index contributed by atoms with van der Waals surface area (Å²) in [7, 11) is 0. The van der Waals surface area contributed by atoms with Crippen LogP contribution in [0.25, 0.3) is 0 Å². The number of amides is 1. The second-order valence-electron chi connectivity index (χ2n) is 4.68. The number of halogens is 2. The smallest absolute Gasteiger partial charge is 0.251 e. The maximum atomic E-state index is 13.6. The highest BCUT2D eigenvalue weighted by molar-refractivity contribution is 5.94. The average molecular weight is 275 g/mol. The number of carbonyl (C=O) groups excluding carboxylic acids is 1. The third kappa shape index (κ3) is 3.02. The van der Waals surface area contributed by atoms with E-state index in [0.717, 1.165) is 0 Å². The molecule has 0 radical (unpaired) electrons. The SMILES string of the molecule is Cc1cc(C(=O)NC(C)c2ccccc2F)ccc1F. The number of aryl methyl sites for hydroxylation is 1. The van der Waals surface area contributed by atoms with Crippen molar-refractivity contribution < 1.29 is 13.6 Å². The van der Waals surface area contributed by atoms with Crippen molar-refractivity contribution in [3.05, 3.63) is 70.8 Å². The van der Waals surface area contributed by atoms with Crippen LogP contribution in [0, 0.1) is 18.6 Å². The van der Waals surface area contributed by atoms with Gasteiger partial charge in [0.25, 0.3) is 5.91 Å². The molecule has 2 rings (SSSR count). The molecule has 0 bridgehead atoms. The molecule has 4 heteroatoms. The zero-order valence-electron chi connectivity index (χ0n) is 11.3. The lowest BCUT2D eigenvalue weighted by Gasteiger charge is -2.15. The standard InChI is InChI=1S/C16H15F2NO/c1-10-9-12(7-8-14(10)17)16(20)19-11(2)13-5-3-4-6-15(13)18/h3-9,11H,1-2H3,(H,19,20). The number of hydrogen-bond donors (Lipinski definition) is 1. The van der Waals surface area contributed by atoms with Crippen molar-refractivity contribution >= 4 is 5.91 Å². The fourth-order valence-electron chi connectivity index (χ4n) is 1.97. The first-order chi connectivity index (χ1) is 9.49. The molecule has 0 aliphatic rings. The summed E-state index contributed by atoms with van der Waals surface area (Å²) in [4.78, 5) is 12.0. The molecule has 2 aromatic rings. The van der Waals surface area contributed by atoms with Gasteiger partial charge >= 0.3 is 0 Å². The fourth-order valence-corrected chi connectivity index (χ4v) is 1.97. The zero-order valence-corrected chi connectivity index (χ0v) is 11.3. The van der Waals surface area contributed by atoms with Crippen molar-refractivity contribution in [2.24, 2.45) is 0 Å². The third-order valence-corrected chi connectivity index (χ3v) is 3.14. The minimum absolute atomic E-state index is 0.354. The average Bonchev–Trinajstić information content (AvgIpc) is 2.42. The molecule has 1 unspecified atom stereocenters. The maximum absolute atomic E-state index is 13.6. The Morgan fingerprint density at radius 2 is 1.80 bits per heavy atom. The highest BCUT2D eigenvalue weighted by atomic mass is 19.1. The van der Waals surface area contributed by atoms with E-state index in [1.54, 1.807) is 32.0 Å². The normalized spacial score (nSPS) is 12.0. The van der Waals surface area contributed by atoms with Gasteiger partial charge in [0, 0.05) is 11.1 Å². The zero-order chi connectivity index (χ0) is 14.7. The molecule has 0 saturated heterocycles. The molecule has 0 heterocycles. The quantitative estimate of drug-likeness (QED) is 0.907. The summed E-state index contributed by atoms with van der Waals surface area (Å²) in [6.45, 7) is 3.29. The van der Waals surface area contributed by atoms with E-state index in [1.165, 1.54) is 24.3 Å².